The topological polar surface area (TPSA) is 43.0 Å². The lowest BCUT2D eigenvalue weighted by Gasteiger charge is -2.32. The highest BCUT2D eigenvalue weighted by Crippen LogP contribution is 2.34. The van der Waals surface area contributed by atoms with E-state index in [-0.39, 0.29) is 0 Å². The van der Waals surface area contributed by atoms with Gasteiger partial charge in [-0.2, -0.15) is 0 Å². The minimum absolute atomic E-state index is 0.294. The first-order valence-corrected chi connectivity index (χ1v) is 9.74. The number of anilines is 1. The molecule has 5 nitrogen and oxygen atoms in total. The van der Waals surface area contributed by atoms with Crippen LogP contribution >= 0.6 is 12.2 Å². The van der Waals surface area contributed by atoms with Crippen LogP contribution in [0.3, 0.4) is 0 Å². The fourth-order valence-electron chi connectivity index (χ4n) is 3.69. The van der Waals surface area contributed by atoms with Crippen LogP contribution in [0.4, 0.5) is 5.69 Å². The van der Waals surface area contributed by atoms with Gasteiger partial charge >= 0.3 is 0 Å². The average Bonchev–Trinajstić information content (AvgIpc) is 3.38. The highest BCUT2D eigenvalue weighted by atomic mass is 32.1. The molecule has 2 aliphatic rings. The average molecular weight is 385 g/mol. The van der Waals surface area contributed by atoms with Gasteiger partial charge in [0.15, 0.2) is 16.6 Å². The third-order valence-electron chi connectivity index (χ3n) is 5.16. The summed E-state index contributed by atoms with van der Waals surface area (Å²) in [5.41, 5.74) is 2.14. The second-order valence-electron chi connectivity index (χ2n) is 6.91. The van der Waals surface area contributed by atoms with Gasteiger partial charge in [0.05, 0.1) is 7.11 Å². The van der Waals surface area contributed by atoms with Gasteiger partial charge in [-0.05, 0) is 67.0 Å². The Balaban J connectivity index is 1.50. The third-order valence-corrected chi connectivity index (χ3v) is 5.49. The summed E-state index contributed by atoms with van der Waals surface area (Å²) in [6, 6.07) is 14.4. The van der Waals surface area contributed by atoms with Crippen molar-refractivity contribution in [1.82, 2.24) is 4.90 Å². The molecular weight excluding hydrogens is 360 g/mol. The van der Waals surface area contributed by atoms with E-state index in [4.69, 9.17) is 26.4 Å². The second kappa shape index (κ2) is 8.05. The van der Waals surface area contributed by atoms with Gasteiger partial charge in [0.25, 0.3) is 0 Å². The van der Waals surface area contributed by atoms with Crippen molar-refractivity contribution >= 4 is 23.0 Å². The predicted molar refractivity (Wildman–Crippen MR) is 110 cm³/mol. The number of hydrogen-bond acceptors (Lipinski definition) is 4. The first-order chi connectivity index (χ1) is 13.2. The van der Waals surface area contributed by atoms with Crippen molar-refractivity contribution in [2.45, 2.75) is 38.3 Å². The van der Waals surface area contributed by atoms with Gasteiger partial charge in [-0.1, -0.05) is 18.9 Å². The van der Waals surface area contributed by atoms with Crippen molar-refractivity contribution in [2.75, 3.05) is 19.2 Å². The summed E-state index contributed by atoms with van der Waals surface area (Å²) < 4.78 is 16.2. The lowest BCUT2D eigenvalue weighted by molar-refractivity contribution is 0.174. The van der Waals surface area contributed by atoms with Crippen molar-refractivity contribution in [3.8, 4) is 17.2 Å². The summed E-state index contributed by atoms with van der Waals surface area (Å²) >= 11 is 5.78. The summed E-state index contributed by atoms with van der Waals surface area (Å²) in [5.74, 6) is 2.46. The number of fused-ring (bicyclic) bond motifs is 1. The van der Waals surface area contributed by atoms with Crippen molar-refractivity contribution in [3.05, 3.63) is 48.0 Å². The minimum Gasteiger partial charge on any atom is -0.497 e. The van der Waals surface area contributed by atoms with Crippen LogP contribution in [-0.2, 0) is 6.54 Å². The first-order valence-electron chi connectivity index (χ1n) is 9.33. The van der Waals surface area contributed by atoms with Crippen LogP contribution in [0.5, 0.6) is 17.2 Å². The van der Waals surface area contributed by atoms with E-state index in [0.717, 1.165) is 34.6 Å². The fraction of sp³-hybridized carbons (Fsp3) is 0.381. The lowest BCUT2D eigenvalue weighted by Crippen LogP contribution is -2.40. The van der Waals surface area contributed by atoms with Crippen LogP contribution in [0.2, 0.25) is 0 Å². The number of methoxy groups -OCH3 is 1. The Bertz CT molecular complexity index is 804. The second-order valence-corrected chi connectivity index (χ2v) is 7.30. The van der Waals surface area contributed by atoms with Crippen LogP contribution in [0.1, 0.15) is 31.2 Å². The van der Waals surface area contributed by atoms with Crippen molar-refractivity contribution in [2.24, 2.45) is 0 Å². The summed E-state index contributed by atoms with van der Waals surface area (Å²) in [7, 11) is 1.67. The first kappa shape index (κ1) is 17.9. The third kappa shape index (κ3) is 4.11. The van der Waals surface area contributed by atoms with E-state index in [2.05, 4.69) is 22.3 Å². The van der Waals surface area contributed by atoms with Crippen LogP contribution in [0.15, 0.2) is 42.5 Å². The fourth-order valence-corrected chi connectivity index (χ4v) is 4.02. The van der Waals surface area contributed by atoms with E-state index >= 15 is 0 Å². The Hall–Kier alpha value is -2.47. The SMILES string of the molecule is COc1ccc(NC(=S)N(Cc2ccc3c(c2)OCO3)C2CCCC2)cc1. The van der Waals surface area contributed by atoms with Crippen molar-refractivity contribution in [3.63, 3.8) is 0 Å². The maximum absolute atomic E-state index is 5.78. The number of thiocarbonyl (C=S) groups is 1. The van der Waals surface area contributed by atoms with Gasteiger partial charge in [-0.15, -0.1) is 0 Å². The molecule has 0 saturated heterocycles. The zero-order valence-electron chi connectivity index (χ0n) is 15.4. The van der Waals surface area contributed by atoms with Crippen molar-refractivity contribution in [1.29, 1.82) is 0 Å². The molecule has 1 aliphatic carbocycles. The van der Waals surface area contributed by atoms with E-state index in [9.17, 15) is 0 Å². The molecule has 0 radical (unpaired) electrons. The van der Waals surface area contributed by atoms with E-state index < -0.39 is 0 Å². The molecule has 27 heavy (non-hydrogen) atoms. The molecule has 142 valence electrons. The normalized spacial score (nSPS) is 15.6. The zero-order valence-corrected chi connectivity index (χ0v) is 16.3. The number of benzene rings is 2. The zero-order chi connectivity index (χ0) is 18.6. The van der Waals surface area contributed by atoms with E-state index in [0.29, 0.717) is 12.8 Å². The Kier molecular flexibility index (Phi) is 5.34. The Morgan fingerprint density at radius 3 is 2.59 bits per heavy atom. The molecule has 1 heterocycles. The molecule has 1 fully saturated rings. The largest absolute Gasteiger partial charge is 0.497 e. The van der Waals surface area contributed by atoms with E-state index in [1.165, 1.54) is 31.2 Å². The molecule has 0 atom stereocenters. The molecule has 2 aromatic rings. The maximum atomic E-state index is 5.78. The molecule has 0 amide bonds. The van der Waals surface area contributed by atoms with Gasteiger partial charge in [-0.3, -0.25) is 0 Å². The van der Waals surface area contributed by atoms with Crippen LogP contribution in [0, 0.1) is 0 Å². The maximum Gasteiger partial charge on any atom is 0.231 e. The molecule has 6 heteroatoms. The van der Waals surface area contributed by atoms with Gasteiger partial charge in [0, 0.05) is 18.3 Å². The molecule has 2 aromatic carbocycles. The summed E-state index contributed by atoms with van der Waals surface area (Å²) in [4.78, 5) is 2.31. The Morgan fingerprint density at radius 2 is 1.85 bits per heavy atom. The number of rotatable bonds is 5. The number of nitrogens with one attached hydrogen (secondary N) is 1. The molecule has 1 aliphatic heterocycles. The van der Waals surface area contributed by atoms with Gasteiger partial charge in [0.2, 0.25) is 6.79 Å². The quantitative estimate of drug-likeness (QED) is 0.762. The minimum atomic E-state index is 0.294. The summed E-state index contributed by atoms with van der Waals surface area (Å²) in [6.45, 7) is 1.05. The molecular formula is C21H24N2O3S. The number of hydrogen-bond donors (Lipinski definition) is 1. The summed E-state index contributed by atoms with van der Waals surface area (Å²) in [5, 5.41) is 4.14. The molecule has 1 saturated carbocycles. The van der Waals surface area contributed by atoms with Gasteiger partial charge < -0.3 is 24.4 Å². The number of nitrogens with zero attached hydrogens (tertiary/aromatic N) is 1. The summed E-state index contributed by atoms with van der Waals surface area (Å²) in [6.07, 6.45) is 4.87. The smallest absolute Gasteiger partial charge is 0.231 e. The Labute approximate surface area is 165 Å². The molecule has 0 bridgehead atoms. The predicted octanol–water partition coefficient (Wildman–Crippen LogP) is 4.57. The standard InChI is InChI=1S/C21H24N2O3S/c1-24-18-9-7-16(8-10-18)22-21(27)23(17-4-2-3-5-17)13-15-6-11-19-20(12-15)26-14-25-19/h6-12,17H,2-5,13-14H2,1H3,(H,22,27). The highest BCUT2D eigenvalue weighted by Gasteiger charge is 2.25. The van der Waals surface area contributed by atoms with Crippen LogP contribution in [-0.4, -0.2) is 30.0 Å². The van der Waals surface area contributed by atoms with Gasteiger partial charge in [-0.25, -0.2) is 0 Å². The van der Waals surface area contributed by atoms with E-state index in [1.54, 1.807) is 7.11 Å². The molecule has 0 aromatic heterocycles. The monoisotopic (exact) mass is 384 g/mol. The van der Waals surface area contributed by atoms with Crippen LogP contribution < -0.4 is 19.5 Å². The van der Waals surface area contributed by atoms with Crippen LogP contribution in [0.25, 0.3) is 0 Å². The van der Waals surface area contributed by atoms with E-state index in [1.807, 2.05) is 30.3 Å². The van der Waals surface area contributed by atoms with Gasteiger partial charge in [0.1, 0.15) is 5.75 Å². The van der Waals surface area contributed by atoms with Crippen molar-refractivity contribution < 1.29 is 14.2 Å². The Morgan fingerprint density at radius 1 is 1.11 bits per heavy atom. The highest BCUT2D eigenvalue weighted by molar-refractivity contribution is 7.80. The number of ether oxygens (including phenoxy) is 3. The molecule has 1 N–H and O–H groups in total. The molecule has 0 unspecified atom stereocenters. The lowest BCUT2D eigenvalue weighted by atomic mass is 10.1. The molecule has 0 spiro atoms. The molecule has 4 rings (SSSR count).